The molecule has 3 aromatic rings. The number of carbonyl (C=O) groups is 1. The molecule has 1 heterocycles. The van der Waals surface area contributed by atoms with Gasteiger partial charge in [0, 0.05) is 17.6 Å². The number of carbonyl (C=O) groups excluding carboxylic acids is 1. The number of hydrogen-bond donors (Lipinski definition) is 1. The van der Waals surface area contributed by atoms with Crippen molar-refractivity contribution in [2.75, 3.05) is 23.3 Å². The first kappa shape index (κ1) is 22.1. The summed E-state index contributed by atoms with van der Waals surface area (Å²) in [5.41, 5.74) is 2.09. The Kier molecular flexibility index (Phi) is 5.83. The van der Waals surface area contributed by atoms with Crippen LogP contribution in [0.3, 0.4) is 0 Å². The zero-order chi connectivity index (χ0) is 23.0. The van der Waals surface area contributed by atoms with Crippen LogP contribution in [0.15, 0.2) is 59.5 Å². The topological polar surface area (TPSA) is 75.7 Å². The lowest BCUT2D eigenvalue weighted by Gasteiger charge is -2.20. The van der Waals surface area contributed by atoms with Crippen LogP contribution < -0.4 is 14.4 Å². The van der Waals surface area contributed by atoms with Crippen LogP contribution >= 0.6 is 11.6 Å². The van der Waals surface area contributed by atoms with Crippen LogP contribution in [0.5, 0.6) is 5.75 Å². The van der Waals surface area contributed by atoms with Crippen LogP contribution in [0, 0.1) is 12.7 Å². The van der Waals surface area contributed by atoms with Gasteiger partial charge in [-0.1, -0.05) is 29.8 Å². The molecular weight excluding hydrogens is 455 g/mol. The molecule has 0 unspecified atom stereocenters. The van der Waals surface area contributed by atoms with Gasteiger partial charge in [-0.2, -0.15) is 0 Å². The Labute approximate surface area is 190 Å². The number of rotatable bonds is 5. The summed E-state index contributed by atoms with van der Waals surface area (Å²) in [5, 5.41) is 3.03. The molecule has 6 nitrogen and oxygen atoms in total. The monoisotopic (exact) mass is 474 g/mol. The third-order valence-electron chi connectivity index (χ3n) is 5.34. The third kappa shape index (κ3) is 3.91. The predicted molar refractivity (Wildman–Crippen MR) is 122 cm³/mol. The molecule has 9 heteroatoms. The van der Waals surface area contributed by atoms with Crippen molar-refractivity contribution in [3.63, 3.8) is 0 Å². The lowest BCUT2D eigenvalue weighted by Crippen LogP contribution is -2.29. The summed E-state index contributed by atoms with van der Waals surface area (Å²) in [6.45, 7) is 2.03. The molecule has 0 saturated carbocycles. The number of halogens is 2. The molecule has 0 aromatic heterocycles. The van der Waals surface area contributed by atoms with Crippen molar-refractivity contribution in [1.82, 2.24) is 0 Å². The first-order valence-electron chi connectivity index (χ1n) is 9.78. The average Bonchev–Trinajstić information content (AvgIpc) is 3.21. The number of anilines is 2. The summed E-state index contributed by atoms with van der Waals surface area (Å²) in [5.74, 6) is -1.35. The molecule has 166 valence electrons. The Morgan fingerprint density at radius 2 is 1.91 bits per heavy atom. The number of hydrogen-bond acceptors (Lipinski definition) is 4. The molecule has 0 atom stereocenters. The van der Waals surface area contributed by atoms with E-state index in [1.165, 1.54) is 17.5 Å². The number of aryl methyl sites for hydroxylation is 1. The smallest absolute Gasteiger partial charge is 0.264 e. The number of methoxy groups -OCH3 is 1. The Morgan fingerprint density at radius 3 is 2.66 bits per heavy atom. The molecule has 1 amide bonds. The van der Waals surface area contributed by atoms with Crippen LogP contribution in [-0.2, 0) is 16.4 Å². The Bertz CT molecular complexity index is 1330. The molecule has 0 fully saturated rings. The molecule has 32 heavy (non-hydrogen) atoms. The van der Waals surface area contributed by atoms with E-state index in [0.29, 0.717) is 34.1 Å². The van der Waals surface area contributed by atoms with E-state index in [1.807, 2.05) is 12.1 Å². The number of benzene rings is 3. The highest BCUT2D eigenvalue weighted by Gasteiger charge is 2.31. The summed E-state index contributed by atoms with van der Waals surface area (Å²) in [6, 6.07) is 13.5. The molecule has 0 spiro atoms. The molecule has 3 aromatic carbocycles. The van der Waals surface area contributed by atoms with Crippen molar-refractivity contribution in [2.45, 2.75) is 18.2 Å². The van der Waals surface area contributed by atoms with Gasteiger partial charge in [0.1, 0.15) is 11.6 Å². The van der Waals surface area contributed by atoms with E-state index < -0.39 is 27.3 Å². The van der Waals surface area contributed by atoms with Gasteiger partial charge in [-0.05, 0) is 54.8 Å². The second-order valence-corrected chi connectivity index (χ2v) is 9.62. The maximum atomic E-state index is 14.5. The highest BCUT2D eigenvalue weighted by Crippen LogP contribution is 2.34. The van der Waals surface area contributed by atoms with Crippen LogP contribution in [0.4, 0.5) is 15.8 Å². The molecule has 4 rings (SSSR count). The van der Waals surface area contributed by atoms with Crippen molar-refractivity contribution in [3.05, 3.63) is 82.1 Å². The largest absolute Gasteiger partial charge is 0.495 e. The van der Waals surface area contributed by atoms with Gasteiger partial charge < -0.3 is 10.1 Å². The normalized spacial score (nSPS) is 13.1. The van der Waals surface area contributed by atoms with Gasteiger partial charge in [-0.25, -0.2) is 12.8 Å². The molecule has 0 aliphatic carbocycles. The van der Waals surface area contributed by atoms with Gasteiger partial charge in [0.15, 0.2) is 0 Å². The fourth-order valence-electron chi connectivity index (χ4n) is 3.64. The molecule has 0 saturated heterocycles. The number of para-hydroxylation sites is 1. The van der Waals surface area contributed by atoms with E-state index in [9.17, 15) is 17.6 Å². The molecular formula is C23H20ClFN2O4S. The average molecular weight is 475 g/mol. The highest BCUT2D eigenvalue weighted by molar-refractivity contribution is 7.92. The van der Waals surface area contributed by atoms with E-state index in [0.717, 1.165) is 23.8 Å². The zero-order valence-electron chi connectivity index (χ0n) is 17.4. The lowest BCUT2D eigenvalue weighted by molar-refractivity contribution is 0.102. The van der Waals surface area contributed by atoms with Crippen molar-refractivity contribution in [3.8, 4) is 5.75 Å². The van der Waals surface area contributed by atoms with Crippen molar-refractivity contribution >= 4 is 38.9 Å². The Hall–Kier alpha value is -3.10. The van der Waals surface area contributed by atoms with Crippen LogP contribution in [0.1, 0.15) is 21.5 Å². The first-order valence-corrected chi connectivity index (χ1v) is 11.6. The first-order chi connectivity index (χ1) is 15.2. The number of nitrogens with zero attached hydrogens (tertiary/aromatic N) is 1. The maximum absolute atomic E-state index is 14.5. The van der Waals surface area contributed by atoms with Gasteiger partial charge >= 0.3 is 0 Å². The van der Waals surface area contributed by atoms with E-state index in [1.54, 1.807) is 25.1 Å². The van der Waals surface area contributed by atoms with Gasteiger partial charge in [0.25, 0.3) is 15.9 Å². The van der Waals surface area contributed by atoms with Crippen molar-refractivity contribution in [2.24, 2.45) is 0 Å². The van der Waals surface area contributed by atoms with Crippen LogP contribution in [-0.4, -0.2) is 28.0 Å². The minimum Gasteiger partial charge on any atom is -0.495 e. The Morgan fingerprint density at radius 1 is 1.16 bits per heavy atom. The lowest BCUT2D eigenvalue weighted by atomic mass is 10.1. The molecule has 0 bridgehead atoms. The second kappa shape index (κ2) is 8.44. The van der Waals surface area contributed by atoms with Crippen molar-refractivity contribution < 1.29 is 22.3 Å². The summed E-state index contributed by atoms with van der Waals surface area (Å²) < 4.78 is 47.6. The number of amides is 1. The summed E-state index contributed by atoms with van der Waals surface area (Å²) in [4.78, 5) is 12.7. The van der Waals surface area contributed by atoms with Crippen LogP contribution in [0.25, 0.3) is 0 Å². The van der Waals surface area contributed by atoms with E-state index >= 15 is 0 Å². The van der Waals surface area contributed by atoms with Crippen LogP contribution in [0.2, 0.25) is 5.02 Å². The molecule has 0 radical (unpaired) electrons. The summed E-state index contributed by atoms with van der Waals surface area (Å²) in [7, 11) is -2.56. The number of sulfonamides is 1. The minimum absolute atomic E-state index is 0.167. The fraction of sp³-hybridized carbons (Fsp3) is 0.174. The standard InChI is InChI=1S/C23H20ClFN2O4S/c1-14-11-20(22(31-2)13-18(14)24)26-23(28)17-12-16(7-8-19(17)25)32(29,30)27-10-9-15-5-3-4-6-21(15)27/h3-8,11-13H,9-10H2,1-2H3,(H,26,28). The molecule has 1 aliphatic heterocycles. The third-order valence-corrected chi connectivity index (χ3v) is 7.56. The zero-order valence-corrected chi connectivity index (χ0v) is 18.9. The SMILES string of the molecule is COc1cc(Cl)c(C)cc1NC(=O)c1cc(S(=O)(=O)N2CCc3ccccc32)ccc1F. The minimum atomic E-state index is -3.98. The van der Waals surface area contributed by atoms with Crippen molar-refractivity contribution in [1.29, 1.82) is 0 Å². The predicted octanol–water partition coefficient (Wildman–Crippen LogP) is 4.80. The van der Waals surface area contributed by atoms with E-state index in [-0.39, 0.29) is 11.4 Å². The van der Waals surface area contributed by atoms with Gasteiger partial charge in [-0.3, -0.25) is 9.10 Å². The van der Waals surface area contributed by atoms with E-state index in [2.05, 4.69) is 5.32 Å². The second-order valence-electron chi connectivity index (χ2n) is 7.35. The van der Waals surface area contributed by atoms with E-state index in [4.69, 9.17) is 16.3 Å². The van der Waals surface area contributed by atoms with Gasteiger partial charge in [-0.15, -0.1) is 0 Å². The summed E-state index contributed by atoms with van der Waals surface area (Å²) >= 11 is 6.09. The fourth-order valence-corrected chi connectivity index (χ4v) is 5.33. The summed E-state index contributed by atoms with van der Waals surface area (Å²) in [6.07, 6.45) is 0.583. The van der Waals surface area contributed by atoms with Gasteiger partial charge in [0.05, 0.1) is 28.9 Å². The number of fused-ring (bicyclic) bond motifs is 1. The molecule has 1 aliphatic rings. The highest BCUT2D eigenvalue weighted by atomic mass is 35.5. The number of nitrogens with one attached hydrogen (secondary N) is 1. The Balaban J connectivity index is 1.68. The van der Waals surface area contributed by atoms with Gasteiger partial charge in [0.2, 0.25) is 0 Å². The quantitative estimate of drug-likeness (QED) is 0.576. The number of ether oxygens (including phenoxy) is 1. The molecule has 1 N–H and O–H groups in total. The maximum Gasteiger partial charge on any atom is 0.264 e.